The predicted molar refractivity (Wildman–Crippen MR) is 126 cm³/mol. The van der Waals surface area contributed by atoms with Crippen molar-refractivity contribution in [3.05, 3.63) is 89.2 Å². The Morgan fingerprint density at radius 3 is 2.39 bits per heavy atom. The summed E-state index contributed by atoms with van der Waals surface area (Å²) < 4.78 is 54.6. The van der Waals surface area contributed by atoms with Gasteiger partial charge in [-0.1, -0.05) is 18.2 Å². The molecular formula is C27H19F4N3O4. The largest absolute Gasteiger partial charge is 0.508 e. The number of nitrogens with one attached hydrogen (secondary N) is 2. The van der Waals surface area contributed by atoms with Gasteiger partial charge in [-0.3, -0.25) is 19.7 Å². The van der Waals surface area contributed by atoms with Gasteiger partial charge in [-0.25, -0.2) is 9.29 Å². The zero-order chi connectivity index (χ0) is 27.0. The maximum atomic E-state index is 14.4. The zero-order valence-electron chi connectivity index (χ0n) is 19.4. The number of phenols is 1. The topological polar surface area (TPSA) is 98.7 Å². The average molecular weight is 525 g/mol. The van der Waals surface area contributed by atoms with Crippen LogP contribution in [0.1, 0.15) is 16.7 Å². The van der Waals surface area contributed by atoms with Crippen LogP contribution in [0.2, 0.25) is 0 Å². The second-order valence-corrected chi connectivity index (χ2v) is 9.64. The van der Waals surface area contributed by atoms with Crippen LogP contribution < -0.4 is 15.5 Å². The molecule has 0 radical (unpaired) electrons. The Morgan fingerprint density at radius 1 is 0.947 bits per heavy atom. The number of nitrogens with zero attached hydrogens (tertiary/aromatic N) is 1. The molecule has 7 nitrogen and oxygen atoms in total. The van der Waals surface area contributed by atoms with E-state index >= 15 is 0 Å². The summed E-state index contributed by atoms with van der Waals surface area (Å²) in [5.74, 6) is -5.39. The summed E-state index contributed by atoms with van der Waals surface area (Å²) in [5.41, 5.74) is -2.02. The van der Waals surface area contributed by atoms with Gasteiger partial charge >= 0.3 is 6.18 Å². The van der Waals surface area contributed by atoms with Gasteiger partial charge in [-0.2, -0.15) is 13.2 Å². The van der Waals surface area contributed by atoms with Crippen LogP contribution in [-0.2, 0) is 32.5 Å². The van der Waals surface area contributed by atoms with Crippen LogP contribution in [0.15, 0.2) is 66.7 Å². The normalized spacial score (nSPS) is 26.2. The number of benzene rings is 3. The summed E-state index contributed by atoms with van der Waals surface area (Å²) >= 11 is 0. The van der Waals surface area contributed by atoms with Crippen molar-refractivity contribution in [1.82, 2.24) is 5.32 Å². The van der Waals surface area contributed by atoms with Crippen LogP contribution in [0.4, 0.5) is 28.9 Å². The van der Waals surface area contributed by atoms with Gasteiger partial charge in [-0.05, 0) is 60.5 Å². The minimum atomic E-state index is -4.70. The molecule has 6 rings (SSSR count). The van der Waals surface area contributed by atoms with E-state index in [0.29, 0.717) is 16.5 Å². The number of imide groups is 1. The Balaban J connectivity index is 1.49. The van der Waals surface area contributed by atoms with Gasteiger partial charge in [0.1, 0.15) is 17.1 Å². The molecular weight excluding hydrogens is 506 g/mol. The van der Waals surface area contributed by atoms with E-state index in [1.54, 1.807) is 12.1 Å². The summed E-state index contributed by atoms with van der Waals surface area (Å²) in [6.07, 6.45) is -4.56. The fourth-order valence-corrected chi connectivity index (χ4v) is 5.91. The van der Waals surface area contributed by atoms with Crippen LogP contribution in [-0.4, -0.2) is 28.9 Å². The van der Waals surface area contributed by atoms with Gasteiger partial charge in [0.2, 0.25) is 17.7 Å². The summed E-state index contributed by atoms with van der Waals surface area (Å²) in [6.45, 7) is 0. The van der Waals surface area contributed by atoms with Crippen molar-refractivity contribution in [3.63, 3.8) is 0 Å². The monoisotopic (exact) mass is 525 g/mol. The van der Waals surface area contributed by atoms with E-state index in [4.69, 9.17) is 0 Å². The number of hydrogen-bond acceptors (Lipinski definition) is 5. The molecule has 0 saturated carbocycles. The molecule has 4 atom stereocenters. The van der Waals surface area contributed by atoms with Crippen LogP contribution in [0.25, 0.3) is 0 Å². The van der Waals surface area contributed by atoms with E-state index in [0.717, 1.165) is 24.3 Å². The molecule has 3 heterocycles. The van der Waals surface area contributed by atoms with Gasteiger partial charge < -0.3 is 10.4 Å². The fraction of sp³-hybridized carbons (Fsp3) is 0.222. The molecule has 3 aromatic rings. The molecule has 2 saturated heterocycles. The highest BCUT2D eigenvalue weighted by Gasteiger charge is 2.70. The first-order valence-corrected chi connectivity index (χ1v) is 11.7. The lowest BCUT2D eigenvalue weighted by molar-refractivity contribution is -0.137. The second-order valence-electron chi connectivity index (χ2n) is 9.64. The Labute approximate surface area is 213 Å². The van der Waals surface area contributed by atoms with E-state index in [1.165, 1.54) is 24.3 Å². The van der Waals surface area contributed by atoms with Gasteiger partial charge in [0.05, 0.1) is 23.1 Å². The Hall–Kier alpha value is -4.25. The molecule has 0 aromatic heterocycles. The third kappa shape index (κ3) is 3.42. The Kier molecular flexibility index (Phi) is 5.15. The lowest BCUT2D eigenvalue weighted by atomic mass is 9.76. The fourth-order valence-electron chi connectivity index (χ4n) is 5.91. The summed E-state index contributed by atoms with van der Waals surface area (Å²) in [4.78, 5) is 41.8. The second kappa shape index (κ2) is 8.12. The molecule has 11 heteroatoms. The first-order valence-electron chi connectivity index (χ1n) is 11.7. The number of fused-ring (bicyclic) bond motifs is 4. The number of halogens is 4. The summed E-state index contributed by atoms with van der Waals surface area (Å²) in [7, 11) is 0. The summed E-state index contributed by atoms with van der Waals surface area (Å²) in [6, 6.07) is 12.8. The lowest BCUT2D eigenvalue weighted by Gasteiger charge is -2.29. The van der Waals surface area contributed by atoms with Gasteiger partial charge in [-0.15, -0.1) is 0 Å². The molecule has 3 N–H and O–H groups in total. The maximum Gasteiger partial charge on any atom is 0.416 e. The van der Waals surface area contributed by atoms with Crippen molar-refractivity contribution >= 4 is 29.1 Å². The third-order valence-electron chi connectivity index (χ3n) is 7.50. The number of alkyl halides is 3. The minimum absolute atomic E-state index is 0.0184. The molecule has 38 heavy (non-hydrogen) atoms. The molecule has 0 aliphatic carbocycles. The SMILES string of the molecule is O=C1[C@H]2C(Cc3ccc(O)cc3)NC3(C(=O)Nc4ccc(F)cc43)[C@H]2C(=O)N1c1cccc(C(F)(F)F)c1. The van der Waals surface area contributed by atoms with Crippen molar-refractivity contribution in [2.45, 2.75) is 24.2 Å². The number of amides is 3. The van der Waals surface area contributed by atoms with Crippen LogP contribution in [0, 0.1) is 17.7 Å². The van der Waals surface area contributed by atoms with E-state index < -0.39 is 58.7 Å². The van der Waals surface area contributed by atoms with Crippen LogP contribution in [0.3, 0.4) is 0 Å². The predicted octanol–water partition coefficient (Wildman–Crippen LogP) is 3.72. The number of carbonyl (C=O) groups excluding carboxylic acids is 3. The first-order chi connectivity index (χ1) is 18.0. The van der Waals surface area contributed by atoms with Gasteiger partial charge in [0, 0.05) is 17.3 Å². The van der Waals surface area contributed by atoms with Gasteiger partial charge in [0.15, 0.2) is 0 Å². The van der Waals surface area contributed by atoms with Crippen molar-refractivity contribution in [2.75, 3.05) is 10.2 Å². The molecule has 3 amide bonds. The molecule has 3 aromatic carbocycles. The molecule has 0 bridgehead atoms. The van der Waals surface area contributed by atoms with Gasteiger partial charge in [0.25, 0.3) is 0 Å². The van der Waals surface area contributed by atoms with E-state index in [-0.39, 0.29) is 29.1 Å². The van der Waals surface area contributed by atoms with E-state index in [9.17, 15) is 37.1 Å². The molecule has 3 aliphatic heterocycles. The highest BCUT2D eigenvalue weighted by molar-refractivity contribution is 6.25. The molecule has 194 valence electrons. The van der Waals surface area contributed by atoms with E-state index in [2.05, 4.69) is 10.6 Å². The van der Waals surface area contributed by atoms with Crippen molar-refractivity contribution in [1.29, 1.82) is 0 Å². The molecule has 3 aliphatic rings. The number of phenolic OH excluding ortho intramolecular Hbond substituents is 1. The number of aromatic hydroxyl groups is 1. The molecule has 2 fully saturated rings. The average Bonchev–Trinajstić information content (AvgIpc) is 3.44. The maximum absolute atomic E-state index is 14.4. The summed E-state index contributed by atoms with van der Waals surface area (Å²) in [5, 5.41) is 15.4. The highest BCUT2D eigenvalue weighted by Crippen LogP contribution is 2.54. The van der Waals surface area contributed by atoms with Crippen molar-refractivity contribution < 1.29 is 37.1 Å². The minimum Gasteiger partial charge on any atom is -0.508 e. The highest BCUT2D eigenvalue weighted by atomic mass is 19.4. The van der Waals surface area contributed by atoms with E-state index in [1.807, 2.05) is 0 Å². The quantitative estimate of drug-likeness (QED) is 0.358. The zero-order valence-corrected chi connectivity index (χ0v) is 19.4. The Bertz CT molecular complexity index is 1510. The molecule has 2 unspecified atom stereocenters. The Morgan fingerprint density at radius 2 is 1.68 bits per heavy atom. The molecule has 1 spiro atoms. The number of anilines is 2. The number of carbonyl (C=O) groups is 3. The van der Waals surface area contributed by atoms with Crippen LogP contribution in [0.5, 0.6) is 5.75 Å². The van der Waals surface area contributed by atoms with Crippen molar-refractivity contribution in [2.24, 2.45) is 11.8 Å². The smallest absolute Gasteiger partial charge is 0.416 e. The third-order valence-corrected chi connectivity index (χ3v) is 7.50. The first kappa shape index (κ1) is 24.1. The number of hydrogen-bond donors (Lipinski definition) is 3. The number of rotatable bonds is 3. The lowest BCUT2D eigenvalue weighted by Crippen LogP contribution is -2.53. The van der Waals surface area contributed by atoms with Crippen LogP contribution >= 0.6 is 0 Å². The standard InChI is InChI=1S/C27H19F4N3O4/c28-15-6-9-19-18(12-15)26(25(38)32-19)22-21(20(33-26)10-13-4-7-17(35)8-5-13)23(36)34(24(22)37)16-3-1-2-14(11-16)27(29,30)31/h1-9,11-12,20-22,33,35H,10H2,(H,32,38)/t20?,21-,22+,26?/m0/s1. The van der Waals surface area contributed by atoms with Crippen molar-refractivity contribution in [3.8, 4) is 5.75 Å².